The van der Waals surface area contributed by atoms with E-state index in [-0.39, 0.29) is 0 Å². The molecule has 0 spiro atoms. The molecule has 7 heteroatoms. The van der Waals surface area contributed by atoms with Crippen molar-refractivity contribution in [1.82, 2.24) is 14.5 Å². The largest absolute Gasteiger partial charge is 0.309 e. The third-order valence-corrected chi connectivity index (χ3v) is 27.4. The van der Waals surface area contributed by atoms with Crippen LogP contribution in [0.15, 0.2) is 0 Å². The minimum atomic E-state index is -1.80. The Kier molecular flexibility index (Phi) is 10.0. The Hall–Kier alpha value is -0.506. The van der Waals surface area contributed by atoms with E-state index in [4.69, 9.17) is 9.97 Å². The molecule has 0 saturated heterocycles. The predicted molar refractivity (Wildman–Crippen MR) is 176 cm³/mol. The van der Waals surface area contributed by atoms with Crippen molar-refractivity contribution in [3.8, 4) is 0 Å². The van der Waals surface area contributed by atoms with Crippen LogP contribution in [0.4, 0.5) is 0 Å². The van der Waals surface area contributed by atoms with Gasteiger partial charge in [0.1, 0.15) is 16.1 Å². The van der Waals surface area contributed by atoms with Crippen molar-refractivity contribution in [2.75, 3.05) is 0 Å². The smallest absolute Gasteiger partial charge is 0.153 e. The van der Waals surface area contributed by atoms with Gasteiger partial charge in [-0.25, -0.2) is 9.97 Å². The topological polar surface area (TPSA) is 30.7 Å². The average Bonchev–Trinajstić information content (AvgIpc) is 3.43. The molecule has 0 aliphatic heterocycles. The number of aromatic nitrogens is 3. The molecule has 3 heterocycles. The summed E-state index contributed by atoms with van der Waals surface area (Å²) >= 11 is 4.10. The Balaban J connectivity index is 2.33. The van der Waals surface area contributed by atoms with Crippen molar-refractivity contribution in [2.24, 2.45) is 0 Å². The first-order valence-electron chi connectivity index (χ1n) is 15.1. The molecule has 0 unspecified atom stereocenters. The molecule has 3 rings (SSSR count). The number of rotatable bonds is 13. The first-order chi connectivity index (χ1) is 17.3. The Morgan fingerprint density at radius 1 is 0.568 bits per heavy atom. The predicted octanol–water partition coefficient (Wildman–Crippen LogP) is 10.1. The second kappa shape index (κ2) is 11.9. The Labute approximate surface area is 237 Å². The van der Waals surface area contributed by atoms with Crippen LogP contribution in [0.2, 0.25) is 33.2 Å². The van der Waals surface area contributed by atoms with E-state index in [0.29, 0.717) is 33.2 Å². The van der Waals surface area contributed by atoms with Crippen molar-refractivity contribution in [1.29, 1.82) is 0 Å². The van der Waals surface area contributed by atoms with Gasteiger partial charge in [0, 0.05) is 6.54 Å². The molecular formula is C30H55N3S2Si2. The van der Waals surface area contributed by atoms with Crippen molar-refractivity contribution >= 4 is 68.8 Å². The van der Waals surface area contributed by atoms with Gasteiger partial charge in [-0.05, 0) is 39.7 Å². The lowest BCUT2D eigenvalue weighted by molar-refractivity contribution is 0.599. The van der Waals surface area contributed by atoms with Gasteiger partial charge in [-0.1, -0.05) is 109 Å². The van der Waals surface area contributed by atoms with Gasteiger partial charge in [-0.2, -0.15) is 0 Å². The highest BCUT2D eigenvalue weighted by atomic mass is 32.1. The molecule has 0 aromatic carbocycles. The van der Waals surface area contributed by atoms with Crippen LogP contribution in [0.3, 0.4) is 0 Å². The summed E-state index contributed by atoms with van der Waals surface area (Å²) in [4.78, 5) is 11.2. The van der Waals surface area contributed by atoms with Gasteiger partial charge >= 0.3 is 0 Å². The fourth-order valence-electron chi connectivity index (χ4n) is 8.15. The molecule has 0 amide bonds. The maximum Gasteiger partial charge on any atom is 0.153 e. The maximum absolute atomic E-state index is 5.58. The van der Waals surface area contributed by atoms with E-state index in [1.165, 1.54) is 55.6 Å². The molecule has 0 aliphatic carbocycles. The van der Waals surface area contributed by atoms with Crippen LogP contribution < -0.4 is 9.26 Å². The molecule has 210 valence electrons. The van der Waals surface area contributed by atoms with E-state index in [9.17, 15) is 0 Å². The van der Waals surface area contributed by atoms with Gasteiger partial charge in [0.05, 0.1) is 18.7 Å². The van der Waals surface area contributed by atoms with Crippen molar-refractivity contribution < 1.29 is 0 Å². The molecule has 37 heavy (non-hydrogen) atoms. The van der Waals surface area contributed by atoms with Gasteiger partial charge in [-0.15, -0.1) is 22.7 Å². The van der Waals surface area contributed by atoms with E-state index in [2.05, 4.69) is 94.6 Å². The van der Waals surface area contributed by atoms with Crippen LogP contribution in [0.5, 0.6) is 0 Å². The van der Waals surface area contributed by atoms with Gasteiger partial charge in [0.2, 0.25) is 0 Å². The molecule has 0 atom stereocenters. The zero-order chi connectivity index (χ0) is 27.9. The van der Waals surface area contributed by atoms with E-state index in [1.807, 2.05) is 22.7 Å². The second-order valence-electron chi connectivity index (χ2n) is 13.4. The SMILES string of the molecule is CCCCCCn1c2nc([Si](C(C)C)(C(C)C)C(C)C)sc2c2sc([Si](C(C)C)(C(C)C)C(C)C)nc21. The number of hydrogen-bond donors (Lipinski definition) is 0. The molecule has 0 saturated carbocycles. The molecule has 0 bridgehead atoms. The van der Waals surface area contributed by atoms with E-state index in [1.54, 1.807) is 0 Å². The van der Waals surface area contributed by atoms with E-state index in [0.717, 1.165) is 6.54 Å². The fourth-order valence-corrected chi connectivity index (χ4v) is 27.7. The molecule has 3 nitrogen and oxygen atoms in total. The minimum absolute atomic E-state index is 0.677. The molecule has 0 aliphatic rings. The highest BCUT2D eigenvalue weighted by Crippen LogP contribution is 2.46. The van der Waals surface area contributed by atoms with Crippen LogP contribution in [0, 0.1) is 0 Å². The van der Waals surface area contributed by atoms with E-state index < -0.39 is 16.1 Å². The normalized spacial score (nSPS) is 13.9. The number of thiazole rings is 2. The third-order valence-electron chi connectivity index (χ3n) is 9.64. The summed E-state index contributed by atoms with van der Waals surface area (Å²) in [6, 6.07) is 0. The molecule has 0 fully saturated rings. The Bertz CT molecular complexity index is 1040. The summed E-state index contributed by atoms with van der Waals surface area (Å²) in [6.07, 6.45) is 5.09. The highest BCUT2D eigenvalue weighted by Gasteiger charge is 2.49. The van der Waals surface area contributed by atoms with E-state index >= 15 is 0 Å². The molecule has 3 aromatic rings. The summed E-state index contributed by atoms with van der Waals surface area (Å²) < 4.78 is 8.37. The number of nitrogens with zero attached hydrogens (tertiary/aromatic N) is 3. The van der Waals surface area contributed by atoms with Gasteiger partial charge < -0.3 is 4.57 Å². The zero-order valence-corrected chi connectivity index (χ0v) is 29.8. The van der Waals surface area contributed by atoms with Crippen molar-refractivity contribution in [2.45, 2.75) is 155 Å². The Morgan fingerprint density at radius 2 is 0.919 bits per heavy atom. The molecule has 0 N–H and O–H groups in total. The van der Waals surface area contributed by atoms with Gasteiger partial charge in [-0.3, -0.25) is 0 Å². The van der Waals surface area contributed by atoms with Crippen LogP contribution in [0.1, 0.15) is 116 Å². The summed E-state index contributed by atoms with van der Waals surface area (Å²) in [7, 11) is -3.60. The standard InChI is InChI=1S/C30H55N3S2Si2/c1-14-15-16-17-18-33-27-25(34-29(31-27)36(19(2)3,20(4)5)21(6)7)26-28(33)32-30(35-26)37(22(8)9,23(10)11)24(12)13/h19-24H,14-18H2,1-13H3. The summed E-state index contributed by atoms with van der Waals surface area (Å²) in [5.41, 5.74) is 6.54. The lowest BCUT2D eigenvalue weighted by Crippen LogP contribution is -2.55. The summed E-state index contributed by atoms with van der Waals surface area (Å²) in [5, 5.41) is 0. The average molecular weight is 578 g/mol. The lowest BCUT2D eigenvalue weighted by atomic mass is 10.2. The van der Waals surface area contributed by atoms with Gasteiger partial charge in [0.25, 0.3) is 0 Å². The van der Waals surface area contributed by atoms with Crippen molar-refractivity contribution in [3.63, 3.8) is 0 Å². The highest BCUT2D eigenvalue weighted by molar-refractivity contribution is 7.37. The zero-order valence-electron chi connectivity index (χ0n) is 26.2. The molecular weight excluding hydrogens is 523 g/mol. The van der Waals surface area contributed by atoms with Crippen molar-refractivity contribution in [3.05, 3.63) is 0 Å². The fraction of sp³-hybridized carbons (Fsp3) is 0.800. The van der Waals surface area contributed by atoms with Crippen LogP contribution >= 0.6 is 22.7 Å². The summed E-state index contributed by atoms with van der Waals surface area (Å²) in [6.45, 7) is 32.9. The van der Waals surface area contributed by atoms with Crippen LogP contribution in [-0.4, -0.2) is 30.7 Å². The first-order valence-corrected chi connectivity index (χ1v) is 21.2. The number of unbranched alkanes of at least 4 members (excludes halogenated alkanes) is 3. The monoisotopic (exact) mass is 577 g/mol. The minimum Gasteiger partial charge on any atom is -0.309 e. The number of fused-ring (bicyclic) bond motifs is 3. The van der Waals surface area contributed by atoms with Crippen LogP contribution in [-0.2, 0) is 6.54 Å². The first kappa shape index (κ1) is 31.0. The Morgan fingerprint density at radius 3 is 1.22 bits per heavy atom. The van der Waals surface area contributed by atoms with Gasteiger partial charge in [0.15, 0.2) is 11.3 Å². The molecule has 0 radical (unpaired) electrons. The second-order valence-corrected chi connectivity index (χ2v) is 27.7. The maximum atomic E-state index is 5.58. The van der Waals surface area contributed by atoms with Crippen LogP contribution in [0.25, 0.3) is 20.7 Å². The quantitative estimate of drug-likeness (QED) is 0.149. The number of hydrogen-bond acceptors (Lipinski definition) is 4. The lowest BCUT2D eigenvalue weighted by Gasteiger charge is -2.41. The summed E-state index contributed by atoms with van der Waals surface area (Å²) in [5.74, 6) is 0. The third kappa shape index (κ3) is 4.97. The number of aryl methyl sites for hydroxylation is 1. The molecule has 3 aromatic heterocycles.